The molecule has 7 nitrogen and oxygen atoms in total. The quantitative estimate of drug-likeness (QED) is 0.121. The van der Waals surface area contributed by atoms with Gasteiger partial charge in [-0.05, 0) is 97.0 Å². The molecule has 0 bridgehead atoms. The van der Waals surface area contributed by atoms with E-state index in [1.165, 1.54) is 10.4 Å². The molecule has 1 saturated carbocycles. The molecule has 242 valence electrons. The number of carbonyl (C=O) groups excluding carboxylic acids is 1. The molecule has 4 aromatic carbocycles. The normalized spacial score (nSPS) is 16.2. The fourth-order valence-electron chi connectivity index (χ4n) is 6.66. The summed E-state index contributed by atoms with van der Waals surface area (Å²) in [5.41, 5.74) is 5.05. The monoisotopic (exact) mass is 691 g/mol. The second-order valence-electron chi connectivity index (χ2n) is 12.2. The third-order valence-corrected chi connectivity index (χ3v) is 11.6. The van der Waals surface area contributed by atoms with Gasteiger partial charge in [-0.1, -0.05) is 53.5 Å². The van der Waals surface area contributed by atoms with Crippen LogP contribution in [0.25, 0.3) is 10.9 Å². The molecule has 0 spiro atoms. The van der Waals surface area contributed by atoms with Crippen LogP contribution >= 0.6 is 23.2 Å². The van der Waals surface area contributed by atoms with Crippen LogP contribution in [-0.4, -0.2) is 48.7 Å². The van der Waals surface area contributed by atoms with E-state index in [9.17, 15) is 17.6 Å². The summed E-state index contributed by atoms with van der Waals surface area (Å²) in [6, 6.07) is 25.9. The number of hydrogen-bond acceptors (Lipinski definition) is 5. The van der Waals surface area contributed by atoms with E-state index in [1.807, 2.05) is 48.5 Å². The number of aromatic nitrogens is 2. The van der Waals surface area contributed by atoms with Crippen molar-refractivity contribution >= 4 is 50.1 Å². The molecule has 1 aliphatic heterocycles. The predicted molar refractivity (Wildman–Crippen MR) is 180 cm³/mol. The van der Waals surface area contributed by atoms with Crippen LogP contribution in [-0.2, 0) is 14.8 Å². The van der Waals surface area contributed by atoms with Crippen LogP contribution in [0, 0.1) is 5.82 Å². The molecule has 2 aliphatic rings. The third-order valence-electron chi connectivity index (χ3n) is 9.22. The molecule has 0 N–H and O–H groups in total. The summed E-state index contributed by atoms with van der Waals surface area (Å²) in [5.74, 6) is -1.77. The molecule has 1 aliphatic carbocycles. The van der Waals surface area contributed by atoms with Crippen molar-refractivity contribution in [2.24, 2.45) is 0 Å². The highest BCUT2D eigenvalue weighted by Gasteiger charge is 2.36. The van der Waals surface area contributed by atoms with Crippen molar-refractivity contribution in [3.05, 3.63) is 129 Å². The van der Waals surface area contributed by atoms with Crippen molar-refractivity contribution in [2.45, 2.75) is 48.5 Å². The first-order valence-electron chi connectivity index (χ1n) is 15.5. The van der Waals surface area contributed by atoms with Crippen molar-refractivity contribution in [1.29, 1.82) is 0 Å². The highest BCUT2D eigenvalue weighted by Crippen LogP contribution is 2.44. The van der Waals surface area contributed by atoms with Crippen molar-refractivity contribution < 1.29 is 22.3 Å². The molecule has 2 heterocycles. The highest BCUT2D eigenvalue weighted by molar-refractivity contribution is 7.89. The first kappa shape index (κ1) is 31.8. The lowest BCUT2D eigenvalue weighted by Crippen LogP contribution is -2.38. The first-order chi connectivity index (χ1) is 22.6. The van der Waals surface area contributed by atoms with Gasteiger partial charge in [-0.25, -0.2) is 17.6 Å². The lowest BCUT2D eigenvalue weighted by molar-refractivity contribution is 0.0595. The number of esters is 1. The Hall–Kier alpha value is -3.76. The van der Waals surface area contributed by atoms with E-state index in [-0.39, 0.29) is 35.4 Å². The van der Waals surface area contributed by atoms with E-state index in [4.69, 9.17) is 28.3 Å². The van der Waals surface area contributed by atoms with E-state index in [1.54, 1.807) is 0 Å². The summed E-state index contributed by atoms with van der Waals surface area (Å²) >= 11 is 12.5. The van der Waals surface area contributed by atoms with E-state index in [0.717, 1.165) is 65.4 Å². The predicted octanol–water partition coefficient (Wildman–Crippen LogP) is 8.35. The number of rotatable bonds is 8. The molecule has 0 amide bonds. The smallest absolute Gasteiger partial charge is 0.340 e. The number of piperidine rings is 1. The van der Waals surface area contributed by atoms with Crippen LogP contribution in [0.5, 0.6) is 0 Å². The minimum absolute atomic E-state index is 0.0657. The van der Waals surface area contributed by atoms with Gasteiger partial charge in [0.25, 0.3) is 0 Å². The number of sulfonamides is 1. The fraction of sp³-hybridized carbons (Fsp3) is 0.278. The summed E-state index contributed by atoms with van der Waals surface area (Å²) in [6.07, 6.45) is 3.31. The van der Waals surface area contributed by atoms with Gasteiger partial charge in [0.2, 0.25) is 10.0 Å². The van der Waals surface area contributed by atoms with Gasteiger partial charge in [0.15, 0.2) is 0 Å². The number of methoxy groups -OCH3 is 1. The Morgan fingerprint density at radius 1 is 0.851 bits per heavy atom. The number of fused-ring (bicyclic) bond motifs is 1. The minimum atomic E-state index is -3.97. The molecule has 0 radical (unpaired) electrons. The van der Waals surface area contributed by atoms with Gasteiger partial charge in [-0.15, -0.1) is 0 Å². The fourth-order valence-corrected chi connectivity index (χ4v) is 8.40. The Morgan fingerprint density at radius 3 is 2.00 bits per heavy atom. The summed E-state index contributed by atoms with van der Waals surface area (Å²) in [4.78, 5) is 11.6. The molecule has 0 unspecified atom stereocenters. The minimum Gasteiger partial charge on any atom is -0.465 e. The standard InChI is InChI=1S/C36H32Cl2FN3O4S/c1-46-36(43)30-14-13-29(21-32(30)39)47(44,45)41-18-16-24(17-19-41)35-31-20-25(6-15-33(31)40-42(35)28-11-12-28)34(22-2-7-26(37)8-3-22)23-4-9-27(38)10-5-23/h2-10,13-15,20-21,24,28,34H,11-12,16-19H2,1H3. The third kappa shape index (κ3) is 6.18. The van der Waals surface area contributed by atoms with E-state index >= 15 is 0 Å². The largest absolute Gasteiger partial charge is 0.465 e. The SMILES string of the molecule is COC(=O)c1ccc(S(=O)(=O)N2CCC(c3c4cc(C(c5ccc(Cl)cc5)c5ccc(Cl)cc5)ccc4nn3C3CC3)CC2)cc1F. The van der Waals surface area contributed by atoms with Gasteiger partial charge in [-0.3, -0.25) is 4.68 Å². The molecule has 1 aromatic heterocycles. The van der Waals surface area contributed by atoms with Gasteiger partial charge in [-0.2, -0.15) is 9.40 Å². The summed E-state index contributed by atoms with van der Waals surface area (Å²) in [5, 5.41) is 7.46. The second kappa shape index (κ2) is 12.7. The van der Waals surface area contributed by atoms with Crippen molar-refractivity contribution in [3.8, 4) is 0 Å². The lowest BCUT2D eigenvalue weighted by atomic mass is 9.84. The molecule has 11 heteroatoms. The van der Waals surface area contributed by atoms with Crippen LogP contribution in [0.3, 0.4) is 0 Å². The van der Waals surface area contributed by atoms with Gasteiger partial charge >= 0.3 is 5.97 Å². The number of hydrogen-bond donors (Lipinski definition) is 0. The number of benzene rings is 4. The van der Waals surface area contributed by atoms with E-state index < -0.39 is 21.8 Å². The Morgan fingerprint density at radius 2 is 1.45 bits per heavy atom. The maximum atomic E-state index is 14.6. The Kier molecular flexibility index (Phi) is 8.59. The van der Waals surface area contributed by atoms with Crippen LogP contribution < -0.4 is 0 Å². The Balaban J connectivity index is 1.21. The van der Waals surface area contributed by atoms with Crippen LogP contribution in [0.4, 0.5) is 4.39 Å². The number of ether oxygens (including phenoxy) is 1. The summed E-state index contributed by atoms with van der Waals surface area (Å²) in [6.45, 7) is 0.561. The molecule has 2 fully saturated rings. The molecular formula is C36H32Cl2FN3O4S. The zero-order valence-electron chi connectivity index (χ0n) is 25.6. The van der Waals surface area contributed by atoms with Crippen molar-refractivity contribution in [1.82, 2.24) is 14.1 Å². The van der Waals surface area contributed by atoms with E-state index in [2.05, 4.69) is 27.6 Å². The first-order valence-corrected chi connectivity index (χ1v) is 17.7. The zero-order valence-corrected chi connectivity index (χ0v) is 27.9. The average molecular weight is 693 g/mol. The lowest BCUT2D eigenvalue weighted by Gasteiger charge is -2.32. The van der Waals surface area contributed by atoms with E-state index in [0.29, 0.717) is 28.9 Å². The Bertz CT molecular complexity index is 2030. The average Bonchev–Trinajstić information content (AvgIpc) is 3.86. The van der Waals surface area contributed by atoms with Gasteiger partial charge in [0.1, 0.15) is 5.82 Å². The number of nitrogens with zero attached hydrogens (tertiary/aromatic N) is 3. The molecule has 1 saturated heterocycles. The Labute approximate surface area is 282 Å². The molecule has 47 heavy (non-hydrogen) atoms. The maximum Gasteiger partial charge on any atom is 0.340 e. The second-order valence-corrected chi connectivity index (χ2v) is 15.0. The van der Waals surface area contributed by atoms with Crippen LogP contribution in [0.15, 0.2) is 89.8 Å². The van der Waals surface area contributed by atoms with Crippen molar-refractivity contribution in [2.75, 3.05) is 20.2 Å². The molecule has 0 atom stereocenters. The van der Waals surface area contributed by atoms with Gasteiger partial charge in [0.05, 0.1) is 29.1 Å². The topological polar surface area (TPSA) is 81.5 Å². The van der Waals surface area contributed by atoms with Gasteiger partial charge in [0, 0.05) is 46.1 Å². The summed E-state index contributed by atoms with van der Waals surface area (Å²) in [7, 11) is -2.82. The maximum absolute atomic E-state index is 14.6. The zero-order chi connectivity index (χ0) is 32.9. The molecule has 5 aromatic rings. The van der Waals surface area contributed by atoms with Crippen LogP contribution in [0.1, 0.15) is 76.3 Å². The molecular weight excluding hydrogens is 660 g/mol. The number of carbonyl (C=O) groups is 1. The number of halogens is 3. The van der Waals surface area contributed by atoms with Gasteiger partial charge < -0.3 is 4.74 Å². The molecule has 7 rings (SSSR count). The summed E-state index contributed by atoms with van der Waals surface area (Å²) < 4.78 is 49.8. The van der Waals surface area contributed by atoms with Crippen molar-refractivity contribution in [3.63, 3.8) is 0 Å². The van der Waals surface area contributed by atoms with Crippen LogP contribution in [0.2, 0.25) is 10.0 Å². The highest BCUT2D eigenvalue weighted by atomic mass is 35.5.